The van der Waals surface area contributed by atoms with Crippen LogP contribution in [0.15, 0.2) is 42.5 Å². The minimum absolute atomic E-state index is 0.623. The molecule has 1 atom stereocenters. The largest absolute Gasteiger partial charge is 0.383 e. The number of nitrogens with one attached hydrogen (secondary N) is 2. The van der Waals surface area contributed by atoms with E-state index in [-0.39, 0.29) is 0 Å². The first-order valence-corrected chi connectivity index (χ1v) is 6.88. The second-order valence-electron chi connectivity index (χ2n) is 5.05. The average molecular weight is 240 g/mol. The molecule has 1 saturated heterocycles. The van der Waals surface area contributed by atoms with Crippen molar-refractivity contribution < 1.29 is 0 Å². The molecule has 0 spiro atoms. The van der Waals surface area contributed by atoms with Crippen molar-refractivity contribution in [2.75, 3.05) is 18.4 Å². The first-order valence-electron chi connectivity index (χ1n) is 6.88. The molecule has 3 rings (SSSR count). The van der Waals surface area contributed by atoms with Crippen LogP contribution in [-0.2, 0) is 0 Å². The Labute approximate surface area is 108 Å². The topological polar surface area (TPSA) is 24.1 Å². The van der Waals surface area contributed by atoms with Crippen LogP contribution in [0.1, 0.15) is 19.3 Å². The van der Waals surface area contributed by atoms with Crippen molar-refractivity contribution in [2.24, 2.45) is 0 Å². The molecule has 2 N–H and O–H groups in total. The molecule has 2 aromatic rings. The molecule has 2 nitrogen and oxygen atoms in total. The van der Waals surface area contributed by atoms with Gasteiger partial charge in [0.15, 0.2) is 0 Å². The van der Waals surface area contributed by atoms with Crippen molar-refractivity contribution in [1.29, 1.82) is 0 Å². The van der Waals surface area contributed by atoms with Gasteiger partial charge in [0.2, 0.25) is 0 Å². The van der Waals surface area contributed by atoms with Crippen molar-refractivity contribution in [3.05, 3.63) is 42.5 Å². The summed E-state index contributed by atoms with van der Waals surface area (Å²) >= 11 is 0. The van der Waals surface area contributed by atoms with E-state index in [1.54, 1.807) is 0 Å². The quantitative estimate of drug-likeness (QED) is 0.859. The van der Waals surface area contributed by atoms with E-state index in [4.69, 9.17) is 0 Å². The zero-order valence-electron chi connectivity index (χ0n) is 10.7. The van der Waals surface area contributed by atoms with Crippen LogP contribution in [-0.4, -0.2) is 19.1 Å². The molecule has 0 aliphatic carbocycles. The van der Waals surface area contributed by atoms with Crippen LogP contribution in [0, 0.1) is 0 Å². The lowest BCUT2D eigenvalue weighted by Crippen LogP contribution is -2.39. The molecule has 1 heterocycles. The minimum atomic E-state index is 0.623. The number of anilines is 1. The van der Waals surface area contributed by atoms with Crippen LogP contribution in [0.2, 0.25) is 0 Å². The lowest BCUT2D eigenvalue weighted by Gasteiger charge is -2.24. The highest BCUT2D eigenvalue weighted by atomic mass is 15.0. The number of piperidine rings is 1. The molecule has 2 aromatic carbocycles. The first kappa shape index (κ1) is 11.5. The first-order chi connectivity index (χ1) is 8.93. The number of rotatable bonds is 3. The lowest BCUT2D eigenvalue weighted by molar-refractivity contribution is 0.414. The smallest absolute Gasteiger partial charge is 0.0420 e. The fraction of sp³-hybridized carbons (Fsp3) is 0.375. The summed E-state index contributed by atoms with van der Waals surface area (Å²) in [5, 5.41) is 9.79. The number of hydrogen-bond donors (Lipinski definition) is 2. The Morgan fingerprint density at radius 2 is 1.94 bits per heavy atom. The van der Waals surface area contributed by atoms with Gasteiger partial charge in [-0.2, -0.15) is 0 Å². The van der Waals surface area contributed by atoms with Crippen molar-refractivity contribution in [3.8, 4) is 0 Å². The molecule has 1 aliphatic heterocycles. The minimum Gasteiger partial charge on any atom is -0.383 e. The van der Waals surface area contributed by atoms with Gasteiger partial charge in [0, 0.05) is 23.7 Å². The molecule has 94 valence electrons. The second kappa shape index (κ2) is 5.40. The molecular weight excluding hydrogens is 220 g/mol. The van der Waals surface area contributed by atoms with Crippen LogP contribution in [0.25, 0.3) is 10.8 Å². The summed E-state index contributed by atoms with van der Waals surface area (Å²) in [6.07, 6.45) is 3.97. The molecule has 2 heteroatoms. The van der Waals surface area contributed by atoms with Gasteiger partial charge in [0.05, 0.1) is 0 Å². The zero-order valence-corrected chi connectivity index (χ0v) is 10.7. The van der Waals surface area contributed by atoms with E-state index in [2.05, 4.69) is 53.1 Å². The van der Waals surface area contributed by atoms with E-state index >= 15 is 0 Å². The second-order valence-corrected chi connectivity index (χ2v) is 5.05. The lowest BCUT2D eigenvalue weighted by atomic mass is 10.0. The van der Waals surface area contributed by atoms with Gasteiger partial charge in [0.1, 0.15) is 0 Å². The summed E-state index contributed by atoms with van der Waals surface area (Å²) in [5.41, 5.74) is 1.25. The van der Waals surface area contributed by atoms with Gasteiger partial charge in [-0.1, -0.05) is 42.8 Å². The summed E-state index contributed by atoms with van der Waals surface area (Å²) in [6.45, 7) is 2.19. The predicted octanol–water partition coefficient (Wildman–Crippen LogP) is 3.39. The van der Waals surface area contributed by atoms with E-state index in [9.17, 15) is 0 Å². The monoisotopic (exact) mass is 240 g/mol. The van der Waals surface area contributed by atoms with Crippen molar-refractivity contribution in [1.82, 2.24) is 5.32 Å². The average Bonchev–Trinajstić information content (AvgIpc) is 2.46. The summed E-state index contributed by atoms with van der Waals surface area (Å²) in [7, 11) is 0. The zero-order chi connectivity index (χ0) is 12.2. The third kappa shape index (κ3) is 2.49. The molecule has 1 unspecified atom stereocenters. The SMILES string of the molecule is c1ccc2c(NCC3CCCCN3)cccc2c1. The van der Waals surface area contributed by atoms with E-state index in [0.717, 1.165) is 6.54 Å². The van der Waals surface area contributed by atoms with E-state index in [0.29, 0.717) is 6.04 Å². The summed E-state index contributed by atoms with van der Waals surface area (Å²) < 4.78 is 0. The maximum Gasteiger partial charge on any atom is 0.0420 e. The molecular formula is C16H20N2. The summed E-state index contributed by atoms with van der Waals surface area (Å²) in [5.74, 6) is 0. The molecule has 0 radical (unpaired) electrons. The van der Waals surface area contributed by atoms with Crippen LogP contribution in [0.4, 0.5) is 5.69 Å². The molecule has 0 amide bonds. The van der Waals surface area contributed by atoms with E-state index in [1.165, 1.54) is 42.3 Å². The van der Waals surface area contributed by atoms with Gasteiger partial charge in [-0.05, 0) is 30.8 Å². The molecule has 1 aliphatic rings. The Kier molecular flexibility index (Phi) is 3.47. The normalized spacial score (nSPS) is 19.9. The van der Waals surface area contributed by atoms with E-state index < -0.39 is 0 Å². The van der Waals surface area contributed by atoms with Gasteiger partial charge in [0.25, 0.3) is 0 Å². The fourth-order valence-corrected chi connectivity index (χ4v) is 2.71. The van der Waals surface area contributed by atoms with E-state index in [1.807, 2.05) is 0 Å². The van der Waals surface area contributed by atoms with Gasteiger partial charge in [-0.3, -0.25) is 0 Å². The highest BCUT2D eigenvalue weighted by Crippen LogP contribution is 2.23. The third-order valence-electron chi connectivity index (χ3n) is 3.74. The Morgan fingerprint density at radius 1 is 1.06 bits per heavy atom. The Hall–Kier alpha value is -1.54. The highest BCUT2D eigenvalue weighted by Gasteiger charge is 2.12. The van der Waals surface area contributed by atoms with Gasteiger partial charge in [-0.25, -0.2) is 0 Å². The van der Waals surface area contributed by atoms with Crippen LogP contribution in [0.5, 0.6) is 0 Å². The highest BCUT2D eigenvalue weighted by molar-refractivity contribution is 5.93. The molecule has 18 heavy (non-hydrogen) atoms. The van der Waals surface area contributed by atoms with Crippen molar-refractivity contribution in [2.45, 2.75) is 25.3 Å². The number of fused-ring (bicyclic) bond motifs is 1. The predicted molar refractivity (Wildman–Crippen MR) is 78.1 cm³/mol. The van der Waals surface area contributed by atoms with Crippen LogP contribution < -0.4 is 10.6 Å². The van der Waals surface area contributed by atoms with Crippen LogP contribution >= 0.6 is 0 Å². The maximum absolute atomic E-state index is 3.59. The summed E-state index contributed by atoms with van der Waals surface area (Å²) in [4.78, 5) is 0. The third-order valence-corrected chi connectivity index (χ3v) is 3.74. The number of benzene rings is 2. The van der Waals surface area contributed by atoms with Crippen molar-refractivity contribution in [3.63, 3.8) is 0 Å². The standard InChI is InChI=1S/C16H20N2/c1-2-9-15-13(6-1)7-5-10-16(15)18-12-14-8-3-4-11-17-14/h1-2,5-7,9-10,14,17-18H,3-4,8,11-12H2. The maximum atomic E-state index is 3.59. The summed E-state index contributed by atoms with van der Waals surface area (Å²) in [6, 6.07) is 15.6. The van der Waals surface area contributed by atoms with Gasteiger partial charge >= 0.3 is 0 Å². The molecule has 0 bridgehead atoms. The Morgan fingerprint density at radius 3 is 2.83 bits per heavy atom. The molecule has 1 fully saturated rings. The van der Waals surface area contributed by atoms with Crippen LogP contribution in [0.3, 0.4) is 0 Å². The van der Waals surface area contributed by atoms with Gasteiger partial charge < -0.3 is 10.6 Å². The molecule has 0 saturated carbocycles. The molecule has 0 aromatic heterocycles. The Balaban J connectivity index is 1.74. The fourth-order valence-electron chi connectivity index (χ4n) is 2.71. The number of hydrogen-bond acceptors (Lipinski definition) is 2. The Bertz CT molecular complexity index is 510. The van der Waals surface area contributed by atoms with Gasteiger partial charge in [-0.15, -0.1) is 0 Å². The van der Waals surface area contributed by atoms with Crippen molar-refractivity contribution >= 4 is 16.5 Å².